The SMILES string of the molecule is CC1CCCCC1NC(=O)c1ccc(Br)c(C(F)(F)F)c1. The molecule has 2 unspecified atom stereocenters. The van der Waals surface area contributed by atoms with E-state index in [1.54, 1.807) is 0 Å². The summed E-state index contributed by atoms with van der Waals surface area (Å²) in [6.45, 7) is 2.06. The first-order valence-corrected chi connectivity index (χ1v) is 7.76. The summed E-state index contributed by atoms with van der Waals surface area (Å²) in [6, 6.07) is 3.61. The third-order valence-electron chi connectivity index (χ3n) is 3.96. The Balaban J connectivity index is 2.16. The number of hydrogen-bond donors (Lipinski definition) is 1. The van der Waals surface area contributed by atoms with Crippen LogP contribution in [0.5, 0.6) is 0 Å². The van der Waals surface area contributed by atoms with Crippen molar-refractivity contribution in [3.8, 4) is 0 Å². The highest BCUT2D eigenvalue weighted by molar-refractivity contribution is 9.10. The number of amides is 1. The molecule has 0 saturated heterocycles. The number of nitrogens with one attached hydrogen (secondary N) is 1. The molecule has 1 saturated carbocycles. The van der Waals surface area contributed by atoms with Gasteiger partial charge >= 0.3 is 6.18 Å². The van der Waals surface area contributed by atoms with E-state index in [-0.39, 0.29) is 16.1 Å². The molecule has 1 fully saturated rings. The topological polar surface area (TPSA) is 29.1 Å². The standard InChI is InChI=1S/C15H17BrF3NO/c1-9-4-2-3-5-13(9)20-14(21)10-6-7-12(16)11(8-10)15(17,18)19/h6-9,13H,2-5H2,1H3,(H,20,21). The summed E-state index contributed by atoms with van der Waals surface area (Å²) < 4.78 is 38.5. The molecule has 0 aromatic heterocycles. The molecule has 1 amide bonds. The molecule has 0 heterocycles. The van der Waals surface area contributed by atoms with Gasteiger partial charge in [0.2, 0.25) is 0 Å². The maximum absolute atomic E-state index is 12.9. The van der Waals surface area contributed by atoms with Crippen molar-refractivity contribution >= 4 is 21.8 Å². The Morgan fingerprint density at radius 3 is 2.57 bits per heavy atom. The number of carbonyl (C=O) groups excluding carboxylic acids is 1. The second-order valence-electron chi connectivity index (χ2n) is 5.53. The molecular formula is C15H17BrF3NO. The highest BCUT2D eigenvalue weighted by Gasteiger charge is 2.34. The summed E-state index contributed by atoms with van der Waals surface area (Å²) in [6.07, 6.45) is -0.366. The van der Waals surface area contributed by atoms with Gasteiger partial charge in [-0.15, -0.1) is 0 Å². The van der Waals surface area contributed by atoms with Crippen LogP contribution in [-0.4, -0.2) is 11.9 Å². The number of alkyl halides is 3. The van der Waals surface area contributed by atoms with Gasteiger partial charge < -0.3 is 5.32 Å². The Hall–Kier alpha value is -1.04. The van der Waals surface area contributed by atoms with E-state index in [0.717, 1.165) is 31.7 Å². The van der Waals surface area contributed by atoms with E-state index >= 15 is 0 Å². The molecule has 1 aliphatic rings. The first-order valence-electron chi connectivity index (χ1n) is 6.96. The average molecular weight is 364 g/mol. The van der Waals surface area contributed by atoms with Crippen LogP contribution >= 0.6 is 15.9 Å². The first-order chi connectivity index (χ1) is 9.79. The van der Waals surface area contributed by atoms with Crippen LogP contribution in [0.2, 0.25) is 0 Å². The highest BCUT2D eigenvalue weighted by Crippen LogP contribution is 2.35. The summed E-state index contributed by atoms with van der Waals surface area (Å²) in [5, 5.41) is 2.86. The third-order valence-corrected chi connectivity index (χ3v) is 4.65. The van der Waals surface area contributed by atoms with Gasteiger partial charge in [-0.2, -0.15) is 13.2 Å². The van der Waals surface area contributed by atoms with Crippen molar-refractivity contribution in [2.24, 2.45) is 5.92 Å². The first kappa shape index (κ1) is 16.3. The van der Waals surface area contributed by atoms with Gasteiger partial charge in [-0.3, -0.25) is 4.79 Å². The van der Waals surface area contributed by atoms with Gasteiger partial charge in [0.15, 0.2) is 0 Å². The van der Waals surface area contributed by atoms with Gasteiger partial charge in [0.25, 0.3) is 5.91 Å². The fourth-order valence-electron chi connectivity index (χ4n) is 2.67. The monoisotopic (exact) mass is 363 g/mol. The Morgan fingerprint density at radius 1 is 1.29 bits per heavy atom. The zero-order valence-electron chi connectivity index (χ0n) is 11.6. The van der Waals surface area contributed by atoms with Crippen molar-refractivity contribution in [3.63, 3.8) is 0 Å². The van der Waals surface area contributed by atoms with Gasteiger partial charge in [0, 0.05) is 16.1 Å². The predicted molar refractivity (Wildman–Crippen MR) is 78.0 cm³/mol. The smallest absolute Gasteiger partial charge is 0.349 e. The van der Waals surface area contributed by atoms with Crippen molar-refractivity contribution < 1.29 is 18.0 Å². The van der Waals surface area contributed by atoms with E-state index in [1.165, 1.54) is 12.1 Å². The normalized spacial score (nSPS) is 22.9. The molecular weight excluding hydrogens is 347 g/mol. The molecule has 2 nitrogen and oxygen atoms in total. The molecule has 116 valence electrons. The molecule has 0 radical (unpaired) electrons. The largest absolute Gasteiger partial charge is 0.417 e. The van der Waals surface area contributed by atoms with E-state index < -0.39 is 17.6 Å². The highest BCUT2D eigenvalue weighted by atomic mass is 79.9. The number of halogens is 4. The van der Waals surface area contributed by atoms with Gasteiger partial charge in [-0.05, 0) is 37.0 Å². The molecule has 21 heavy (non-hydrogen) atoms. The van der Waals surface area contributed by atoms with Crippen LogP contribution in [0, 0.1) is 5.92 Å². The van der Waals surface area contributed by atoms with E-state index in [2.05, 4.69) is 28.2 Å². The molecule has 1 aromatic rings. The van der Waals surface area contributed by atoms with Crippen molar-refractivity contribution in [3.05, 3.63) is 33.8 Å². The number of carbonyl (C=O) groups is 1. The average Bonchev–Trinajstić information content (AvgIpc) is 2.40. The number of hydrogen-bond acceptors (Lipinski definition) is 1. The fourth-order valence-corrected chi connectivity index (χ4v) is 3.14. The van der Waals surface area contributed by atoms with E-state index in [1.807, 2.05) is 0 Å². The molecule has 0 spiro atoms. The van der Waals surface area contributed by atoms with Crippen LogP contribution in [-0.2, 0) is 6.18 Å². The minimum Gasteiger partial charge on any atom is -0.349 e. The summed E-state index contributed by atoms with van der Waals surface area (Å²) in [7, 11) is 0. The summed E-state index contributed by atoms with van der Waals surface area (Å²) in [4.78, 5) is 12.2. The lowest BCUT2D eigenvalue weighted by atomic mass is 9.86. The van der Waals surface area contributed by atoms with Crippen molar-refractivity contribution in [2.45, 2.75) is 44.8 Å². The van der Waals surface area contributed by atoms with Crippen LogP contribution in [0.3, 0.4) is 0 Å². The van der Waals surface area contributed by atoms with Crippen LogP contribution in [0.4, 0.5) is 13.2 Å². The van der Waals surface area contributed by atoms with Crippen LogP contribution in [0.1, 0.15) is 48.5 Å². The predicted octanol–water partition coefficient (Wildman–Crippen LogP) is 4.78. The second-order valence-corrected chi connectivity index (χ2v) is 6.39. The van der Waals surface area contributed by atoms with Crippen molar-refractivity contribution in [1.82, 2.24) is 5.32 Å². The molecule has 2 rings (SSSR count). The lowest BCUT2D eigenvalue weighted by Crippen LogP contribution is -2.41. The Bertz CT molecular complexity index is 530. The molecule has 1 N–H and O–H groups in total. The molecule has 1 aliphatic carbocycles. The van der Waals surface area contributed by atoms with Crippen molar-refractivity contribution in [1.29, 1.82) is 0 Å². The van der Waals surface area contributed by atoms with Crippen LogP contribution in [0.25, 0.3) is 0 Å². The lowest BCUT2D eigenvalue weighted by molar-refractivity contribution is -0.138. The lowest BCUT2D eigenvalue weighted by Gasteiger charge is -2.29. The van der Waals surface area contributed by atoms with E-state index in [9.17, 15) is 18.0 Å². The van der Waals surface area contributed by atoms with Crippen LogP contribution < -0.4 is 5.32 Å². The van der Waals surface area contributed by atoms with E-state index in [4.69, 9.17) is 0 Å². The minimum atomic E-state index is -4.48. The molecule has 0 aliphatic heterocycles. The summed E-state index contributed by atoms with van der Waals surface area (Å²) in [5.41, 5.74) is -0.782. The fraction of sp³-hybridized carbons (Fsp3) is 0.533. The molecule has 1 aromatic carbocycles. The Kier molecular flexibility index (Phi) is 4.96. The van der Waals surface area contributed by atoms with Crippen molar-refractivity contribution in [2.75, 3.05) is 0 Å². The molecule has 2 atom stereocenters. The third kappa shape index (κ3) is 3.99. The Labute approximate surface area is 130 Å². The van der Waals surface area contributed by atoms with E-state index in [0.29, 0.717) is 5.92 Å². The number of rotatable bonds is 2. The zero-order valence-corrected chi connectivity index (χ0v) is 13.2. The maximum Gasteiger partial charge on any atom is 0.417 e. The minimum absolute atomic E-state index is 0.0447. The summed E-state index contributed by atoms with van der Waals surface area (Å²) in [5.74, 6) is -0.0769. The van der Waals surface area contributed by atoms with Gasteiger partial charge in [0.05, 0.1) is 5.56 Å². The zero-order chi connectivity index (χ0) is 15.6. The van der Waals surface area contributed by atoms with Gasteiger partial charge in [0.1, 0.15) is 0 Å². The number of benzene rings is 1. The van der Waals surface area contributed by atoms with Gasteiger partial charge in [-0.25, -0.2) is 0 Å². The quantitative estimate of drug-likeness (QED) is 0.804. The maximum atomic E-state index is 12.9. The van der Waals surface area contributed by atoms with Gasteiger partial charge in [-0.1, -0.05) is 35.7 Å². The summed E-state index contributed by atoms with van der Waals surface area (Å²) >= 11 is 2.87. The molecule has 6 heteroatoms. The molecule has 0 bridgehead atoms. The second kappa shape index (κ2) is 6.38. The Morgan fingerprint density at radius 2 is 1.95 bits per heavy atom. The van der Waals surface area contributed by atoms with Crippen LogP contribution in [0.15, 0.2) is 22.7 Å².